The number of fused-ring (bicyclic) bond motifs is 1. The Morgan fingerprint density at radius 2 is 1.86 bits per heavy atom. The average Bonchev–Trinajstić information content (AvgIpc) is 3.32. The maximum atomic E-state index is 12.9. The lowest BCUT2D eigenvalue weighted by molar-refractivity contribution is -0.146. The van der Waals surface area contributed by atoms with Gasteiger partial charge in [0.05, 0.1) is 22.9 Å². The monoisotopic (exact) mass is 470 g/mol. The lowest BCUT2D eigenvalue weighted by Gasteiger charge is -2.15. The summed E-state index contributed by atoms with van der Waals surface area (Å²) in [6.07, 6.45) is 5.11. The molecule has 2 aromatic carbocycles. The van der Waals surface area contributed by atoms with E-state index in [4.69, 9.17) is 9.72 Å². The van der Waals surface area contributed by atoms with Crippen LogP contribution in [-0.2, 0) is 22.6 Å². The molecule has 6 nitrogen and oxygen atoms in total. The molecule has 4 rings (SSSR count). The number of carboxylic acid groups (broad SMARTS) is 1. The molecule has 0 aliphatic carbocycles. The predicted molar refractivity (Wildman–Crippen MR) is 136 cm³/mol. The fourth-order valence-electron chi connectivity index (χ4n) is 4.18. The molecular formula is C29H30N2O4. The number of carbonyl (C=O) groups is 2. The molecule has 0 bridgehead atoms. The van der Waals surface area contributed by atoms with Crippen LogP contribution in [0, 0.1) is 6.92 Å². The molecule has 1 atom stereocenters. The van der Waals surface area contributed by atoms with Gasteiger partial charge in [-0.25, -0.2) is 9.78 Å². The molecule has 35 heavy (non-hydrogen) atoms. The minimum absolute atomic E-state index is 0.109. The average molecular weight is 471 g/mol. The number of unbranched alkanes of at least 4 members (excludes halogenated alkanes) is 1. The van der Waals surface area contributed by atoms with Gasteiger partial charge >= 0.3 is 11.9 Å². The van der Waals surface area contributed by atoms with Crippen molar-refractivity contribution >= 4 is 17.6 Å². The molecule has 6 heteroatoms. The van der Waals surface area contributed by atoms with Crippen molar-refractivity contribution in [1.82, 2.24) is 9.38 Å². The summed E-state index contributed by atoms with van der Waals surface area (Å²) in [5.41, 5.74) is 6.00. The number of aromatic nitrogens is 2. The smallest absolute Gasteiger partial charge is 0.336 e. The summed E-state index contributed by atoms with van der Waals surface area (Å²) >= 11 is 0. The van der Waals surface area contributed by atoms with Crippen LogP contribution in [0.5, 0.6) is 0 Å². The summed E-state index contributed by atoms with van der Waals surface area (Å²) in [6.45, 7) is 6.01. The molecule has 2 heterocycles. The first-order valence-corrected chi connectivity index (χ1v) is 11.9. The lowest BCUT2D eigenvalue weighted by Crippen LogP contribution is -2.15. The van der Waals surface area contributed by atoms with Gasteiger partial charge in [-0.15, -0.1) is 0 Å². The van der Waals surface area contributed by atoms with Gasteiger partial charge in [0.15, 0.2) is 0 Å². The van der Waals surface area contributed by atoms with Crippen molar-refractivity contribution in [3.05, 3.63) is 94.9 Å². The first-order valence-electron chi connectivity index (χ1n) is 11.9. The number of benzene rings is 2. The molecule has 0 aliphatic rings. The highest BCUT2D eigenvalue weighted by atomic mass is 16.5. The Morgan fingerprint density at radius 3 is 2.57 bits per heavy atom. The van der Waals surface area contributed by atoms with Crippen molar-refractivity contribution in [3.8, 4) is 11.1 Å². The van der Waals surface area contributed by atoms with Gasteiger partial charge < -0.3 is 14.2 Å². The quantitative estimate of drug-likeness (QED) is 0.295. The van der Waals surface area contributed by atoms with Crippen molar-refractivity contribution in [1.29, 1.82) is 0 Å². The van der Waals surface area contributed by atoms with E-state index in [1.807, 2.05) is 60.0 Å². The van der Waals surface area contributed by atoms with Gasteiger partial charge in [-0.1, -0.05) is 61.9 Å². The van der Waals surface area contributed by atoms with E-state index in [1.54, 1.807) is 25.1 Å². The third-order valence-corrected chi connectivity index (χ3v) is 6.30. The molecule has 1 unspecified atom stereocenters. The van der Waals surface area contributed by atoms with E-state index in [0.717, 1.165) is 47.4 Å². The van der Waals surface area contributed by atoms with Crippen molar-refractivity contribution in [3.63, 3.8) is 0 Å². The van der Waals surface area contributed by atoms with Gasteiger partial charge in [-0.3, -0.25) is 4.79 Å². The van der Waals surface area contributed by atoms with Crippen molar-refractivity contribution in [2.75, 3.05) is 0 Å². The number of hydrogen-bond acceptors (Lipinski definition) is 4. The number of aryl methyl sites for hydroxylation is 2. The maximum absolute atomic E-state index is 12.9. The Hall–Kier alpha value is -3.93. The van der Waals surface area contributed by atoms with E-state index in [2.05, 4.69) is 6.92 Å². The molecule has 1 N–H and O–H groups in total. The number of ether oxygens (including phenoxy) is 1. The maximum Gasteiger partial charge on any atom is 0.336 e. The van der Waals surface area contributed by atoms with E-state index in [0.29, 0.717) is 11.1 Å². The van der Waals surface area contributed by atoms with Crippen molar-refractivity contribution in [2.45, 2.75) is 52.6 Å². The van der Waals surface area contributed by atoms with E-state index in [-0.39, 0.29) is 12.2 Å². The van der Waals surface area contributed by atoms with Crippen LogP contribution in [0.4, 0.5) is 0 Å². The van der Waals surface area contributed by atoms with Crippen LogP contribution >= 0.6 is 0 Å². The Kier molecular flexibility index (Phi) is 7.30. The molecule has 180 valence electrons. The van der Waals surface area contributed by atoms with Crippen LogP contribution in [0.25, 0.3) is 16.8 Å². The Labute approximate surface area is 205 Å². The molecule has 0 aliphatic heterocycles. The summed E-state index contributed by atoms with van der Waals surface area (Å²) in [4.78, 5) is 29.6. The zero-order chi connectivity index (χ0) is 24.9. The summed E-state index contributed by atoms with van der Waals surface area (Å²) in [5, 5.41) is 9.78. The van der Waals surface area contributed by atoms with Crippen LogP contribution < -0.4 is 0 Å². The normalized spacial score (nSPS) is 12.0. The minimum Gasteiger partial charge on any atom is -0.478 e. The number of nitrogens with zero attached hydrogens (tertiary/aromatic N) is 2. The Morgan fingerprint density at radius 1 is 1.09 bits per heavy atom. The molecule has 0 spiro atoms. The number of carbonyl (C=O) groups excluding carboxylic acids is 1. The number of aromatic carboxylic acids is 1. The highest BCUT2D eigenvalue weighted by molar-refractivity contribution is 5.96. The zero-order valence-corrected chi connectivity index (χ0v) is 20.3. The van der Waals surface area contributed by atoms with Crippen LogP contribution in [0.1, 0.15) is 65.5 Å². The summed E-state index contributed by atoms with van der Waals surface area (Å²) in [6, 6.07) is 18.4. The van der Waals surface area contributed by atoms with E-state index in [1.165, 1.54) is 0 Å². The second kappa shape index (κ2) is 10.6. The number of esters is 1. The standard InChI is InChI=1S/C29H30N2O4/c1-4-5-11-23-17-31-24(14-12-19(2)27(31)30-23)18-35-29(34)20(3)22-13-15-25(26(16-22)28(32)33)21-9-7-6-8-10-21/h6-10,12-17,20H,4-5,11,18H2,1-3H3,(H,32,33). The second-order valence-corrected chi connectivity index (χ2v) is 8.84. The minimum atomic E-state index is -1.03. The van der Waals surface area contributed by atoms with E-state index < -0.39 is 17.9 Å². The molecular weight excluding hydrogens is 440 g/mol. The molecule has 0 saturated heterocycles. The molecule has 0 amide bonds. The second-order valence-electron chi connectivity index (χ2n) is 8.84. The first-order chi connectivity index (χ1) is 16.9. The molecule has 0 saturated carbocycles. The topological polar surface area (TPSA) is 80.9 Å². The third kappa shape index (κ3) is 5.27. The van der Waals surface area contributed by atoms with Gasteiger partial charge in [-0.2, -0.15) is 0 Å². The fourth-order valence-corrected chi connectivity index (χ4v) is 4.18. The Balaban J connectivity index is 1.52. The summed E-state index contributed by atoms with van der Waals surface area (Å²) in [7, 11) is 0. The SMILES string of the molecule is CCCCc1cn2c(COC(=O)C(C)c3ccc(-c4ccccc4)c(C(=O)O)c3)ccc(C)c2n1. The van der Waals surface area contributed by atoms with Crippen molar-refractivity contribution < 1.29 is 19.4 Å². The molecule has 4 aromatic rings. The lowest BCUT2D eigenvalue weighted by atomic mass is 9.93. The van der Waals surface area contributed by atoms with Gasteiger partial charge in [0.1, 0.15) is 12.3 Å². The van der Waals surface area contributed by atoms with Crippen LogP contribution in [-0.4, -0.2) is 26.4 Å². The predicted octanol–water partition coefficient (Wildman–Crippen LogP) is 6.20. The van der Waals surface area contributed by atoms with Gasteiger partial charge in [0.25, 0.3) is 0 Å². The highest BCUT2D eigenvalue weighted by Gasteiger charge is 2.21. The number of hydrogen-bond donors (Lipinski definition) is 1. The molecule has 0 fully saturated rings. The summed E-state index contributed by atoms with van der Waals surface area (Å²) < 4.78 is 7.66. The summed E-state index contributed by atoms with van der Waals surface area (Å²) in [5.74, 6) is -2.05. The van der Waals surface area contributed by atoms with Crippen LogP contribution in [0.15, 0.2) is 66.9 Å². The largest absolute Gasteiger partial charge is 0.478 e. The fraction of sp³-hybridized carbons (Fsp3) is 0.276. The third-order valence-electron chi connectivity index (χ3n) is 6.30. The number of pyridine rings is 1. The first kappa shape index (κ1) is 24.2. The Bertz CT molecular complexity index is 1360. The van der Waals surface area contributed by atoms with Crippen LogP contribution in [0.2, 0.25) is 0 Å². The molecule has 0 radical (unpaired) electrons. The molecule has 2 aromatic heterocycles. The van der Waals surface area contributed by atoms with Gasteiger partial charge in [0.2, 0.25) is 0 Å². The van der Waals surface area contributed by atoms with Crippen molar-refractivity contribution in [2.24, 2.45) is 0 Å². The zero-order valence-electron chi connectivity index (χ0n) is 20.3. The van der Waals surface area contributed by atoms with Gasteiger partial charge in [-0.05, 0) is 61.1 Å². The van der Waals surface area contributed by atoms with E-state index in [9.17, 15) is 14.7 Å². The van der Waals surface area contributed by atoms with Crippen LogP contribution in [0.3, 0.4) is 0 Å². The number of rotatable bonds is 9. The number of carboxylic acids is 1. The van der Waals surface area contributed by atoms with E-state index >= 15 is 0 Å². The van der Waals surface area contributed by atoms with Gasteiger partial charge in [0, 0.05) is 6.20 Å². The highest BCUT2D eigenvalue weighted by Crippen LogP contribution is 2.28. The number of imidazole rings is 1.